The Morgan fingerprint density at radius 2 is 2.13 bits per heavy atom. The molecule has 23 heavy (non-hydrogen) atoms. The van der Waals surface area contributed by atoms with Crippen LogP contribution in [0, 0.1) is 0 Å². The summed E-state index contributed by atoms with van der Waals surface area (Å²) >= 11 is 13.3. The summed E-state index contributed by atoms with van der Waals surface area (Å²) in [6, 6.07) is 4.79. The number of anilines is 1. The van der Waals surface area contributed by atoms with Crippen LogP contribution < -0.4 is 5.32 Å². The van der Waals surface area contributed by atoms with Crippen LogP contribution in [0.25, 0.3) is 0 Å². The first-order chi connectivity index (χ1) is 11.1. The van der Waals surface area contributed by atoms with Crippen molar-refractivity contribution in [2.75, 3.05) is 31.6 Å². The smallest absolute Gasteiger partial charge is 0.259 e. The van der Waals surface area contributed by atoms with Crippen molar-refractivity contribution in [3.63, 3.8) is 0 Å². The van der Waals surface area contributed by atoms with Gasteiger partial charge in [0.05, 0.1) is 29.5 Å². The van der Waals surface area contributed by atoms with E-state index in [0.717, 1.165) is 38.5 Å². The standard InChI is InChI=1S/C15H15Cl2N3O2S/c16-10-1-2-13(17)12(7-10)14(21)19-15-18-11(9-23-15)8-20-3-5-22-6-4-20/h1-2,7,9H,3-6,8H2,(H,18,19,21). The van der Waals surface area contributed by atoms with E-state index in [1.54, 1.807) is 18.2 Å². The molecule has 0 radical (unpaired) electrons. The molecule has 1 N–H and O–H groups in total. The summed E-state index contributed by atoms with van der Waals surface area (Å²) in [5.74, 6) is -0.315. The summed E-state index contributed by atoms with van der Waals surface area (Å²) in [6.45, 7) is 4.06. The Morgan fingerprint density at radius 3 is 2.91 bits per heavy atom. The number of carbonyl (C=O) groups excluding carboxylic acids is 1. The second kappa shape index (κ2) is 7.59. The zero-order valence-corrected chi connectivity index (χ0v) is 14.5. The first-order valence-electron chi connectivity index (χ1n) is 7.13. The van der Waals surface area contributed by atoms with Crippen molar-refractivity contribution < 1.29 is 9.53 Å². The molecule has 0 unspecified atom stereocenters. The van der Waals surface area contributed by atoms with Gasteiger partial charge in [-0.05, 0) is 18.2 Å². The SMILES string of the molecule is O=C(Nc1nc(CN2CCOCC2)cs1)c1cc(Cl)ccc1Cl. The minimum atomic E-state index is -0.315. The highest BCUT2D eigenvalue weighted by atomic mass is 35.5. The fourth-order valence-corrected chi connectivity index (χ4v) is 3.33. The lowest BCUT2D eigenvalue weighted by Gasteiger charge is -2.25. The molecule has 0 atom stereocenters. The summed E-state index contributed by atoms with van der Waals surface area (Å²) in [5.41, 5.74) is 1.27. The Morgan fingerprint density at radius 1 is 1.35 bits per heavy atom. The van der Waals surface area contributed by atoms with Crippen LogP contribution in [0.4, 0.5) is 5.13 Å². The number of amides is 1. The van der Waals surface area contributed by atoms with Crippen LogP contribution in [-0.2, 0) is 11.3 Å². The van der Waals surface area contributed by atoms with E-state index < -0.39 is 0 Å². The Hall–Kier alpha value is -1.18. The van der Waals surface area contributed by atoms with E-state index in [1.807, 2.05) is 5.38 Å². The van der Waals surface area contributed by atoms with Gasteiger partial charge in [0.15, 0.2) is 5.13 Å². The van der Waals surface area contributed by atoms with Crippen LogP contribution in [0.3, 0.4) is 0 Å². The fraction of sp³-hybridized carbons (Fsp3) is 0.333. The molecule has 1 aromatic heterocycles. The van der Waals surface area contributed by atoms with E-state index in [9.17, 15) is 4.79 Å². The predicted molar refractivity (Wildman–Crippen MR) is 92.6 cm³/mol. The van der Waals surface area contributed by atoms with Crippen molar-refractivity contribution in [1.29, 1.82) is 0 Å². The van der Waals surface area contributed by atoms with E-state index in [0.29, 0.717) is 20.7 Å². The molecular weight excluding hydrogens is 357 g/mol. The van der Waals surface area contributed by atoms with Gasteiger partial charge in [-0.1, -0.05) is 23.2 Å². The van der Waals surface area contributed by atoms with Gasteiger partial charge in [-0.2, -0.15) is 0 Å². The van der Waals surface area contributed by atoms with E-state index in [2.05, 4.69) is 15.2 Å². The highest BCUT2D eigenvalue weighted by Crippen LogP contribution is 2.23. The summed E-state index contributed by atoms with van der Waals surface area (Å²) in [7, 11) is 0. The monoisotopic (exact) mass is 371 g/mol. The van der Waals surface area contributed by atoms with Crippen LogP contribution in [-0.4, -0.2) is 42.1 Å². The van der Waals surface area contributed by atoms with Crippen LogP contribution >= 0.6 is 34.5 Å². The van der Waals surface area contributed by atoms with E-state index in [-0.39, 0.29) is 5.91 Å². The van der Waals surface area contributed by atoms with Gasteiger partial charge in [0, 0.05) is 30.0 Å². The molecule has 1 aliphatic heterocycles. The number of morpholine rings is 1. The Kier molecular flexibility index (Phi) is 5.50. The van der Waals surface area contributed by atoms with E-state index in [4.69, 9.17) is 27.9 Å². The third-order valence-corrected chi connectivity index (χ3v) is 4.81. The number of benzene rings is 1. The van der Waals surface area contributed by atoms with Crippen molar-refractivity contribution in [2.24, 2.45) is 0 Å². The minimum absolute atomic E-state index is 0.315. The molecule has 0 bridgehead atoms. The molecule has 0 spiro atoms. The average molecular weight is 372 g/mol. The maximum Gasteiger partial charge on any atom is 0.259 e. The van der Waals surface area contributed by atoms with Gasteiger partial charge in [-0.15, -0.1) is 11.3 Å². The first-order valence-corrected chi connectivity index (χ1v) is 8.76. The molecule has 1 saturated heterocycles. The quantitative estimate of drug-likeness (QED) is 0.892. The predicted octanol–water partition coefficient (Wildman–Crippen LogP) is 3.53. The normalized spacial score (nSPS) is 15.6. The highest BCUT2D eigenvalue weighted by Gasteiger charge is 2.15. The largest absolute Gasteiger partial charge is 0.379 e. The first kappa shape index (κ1) is 16.7. The Labute approximate surface area is 148 Å². The van der Waals surface area contributed by atoms with Crippen molar-refractivity contribution in [3.05, 3.63) is 44.9 Å². The van der Waals surface area contributed by atoms with Crippen molar-refractivity contribution in [2.45, 2.75) is 6.54 Å². The lowest BCUT2D eigenvalue weighted by Crippen LogP contribution is -2.35. The second-order valence-corrected chi connectivity index (χ2v) is 6.81. The van der Waals surface area contributed by atoms with Gasteiger partial charge >= 0.3 is 0 Å². The molecule has 8 heteroatoms. The molecule has 2 heterocycles. The number of nitrogens with one attached hydrogen (secondary N) is 1. The average Bonchev–Trinajstić information content (AvgIpc) is 2.97. The molecule has 122 valence electrons. The van der Waals surface area contributed by atoms with Gasteiger partial charge in [-0.3, -0.25) is 15.0 Å². The molecule has 1 fully saturated rings. The topological polar surface area (TPSA) is 54.5 Å². The third kappa shape index (κ3) is 4.43. The Balaban J connectivity index is 1.64. The van der Waals surface area contributed by atoms with Gasteiger partial charge in [-0.25, -0.2) is 4.98 Å². The Bertz CT molecular complexity index is 702. The number of thiazole rings is 1. The highest BCUT2D eigenvalue weighted by molar-refractivity contribution is 7.14. The number of nitrogens with zero attached hydrogens (tertiary/aromatic N) is 2. The molecule has 2 aromatic rings. The van der Waals surface area contributed by atoms with Crippen molar-refractivity contribution >= 4 is 45.6 Å². The van der Waals surface area contributed by atoms with E-state index in [1.165, 1.54) is 11.3 Å². The maximum atomic E-state index is 12.3. The number of hydrogen-bond acceptors (Lipinski definition) is 5. The van der Waals surface area contributed by atoms with Crippen LogP contribution in [0.1, 0.15) is 16.1 Å². The van der Waals surface area contributed by atoms with Gasteiger partial charge in [0.2, 0.25) is 0 Å². The summed E-state index contributed by atoms with van der Waals surface area (Å²) in [4.78, 5) is 19.0. The molecule has 1 aromatic carbocycles. The summed E-state index contributed by atoms with van der Waals surface area (Å²) < 4.78 is 5.33. The molecule has 0 aliphatic carbocycles. The lowest BCUT2D eigenvalue weighted by molar-refractivity contribution is 0.0337. The van der Waals surface area contributed by atoms with Crippen LogP contribution in [0.5, 0.6) is 0 Å². The third-order valence-electron chi connectivity index (χ3n) is 3.43. The fourth-order valence-electron chi connectivity index (χ4n) is 2.26. The number of halogens is 2. The second-order valence-electron chi connectivity index (χ2n) is 5.11. The number of aromatic nitrogens is 1. The molecular formula is C15H15Cl2N3O2S. The maximum absolute atomic E-state index is 12.3. The van der Waals surface area contributed by atoms with Crippen LogP contribution in [0.15, 0.2) is 23.6 Å². The molecule has 5 nitrogen and oxygen atoms in total. The summed E-state index contributed by atoms with van der Waals surface area (Å²) in [6.07, 6.45) is 0. The zero-order valence-electron chi connectivity index (χ0n) is 12.2. The van der Waals surface area contributed by atoms with E-state index >= 15 is 0 Å². The molecule has 1 amide bonds. The molecule has 3 rings (SSSR count). The molecule has 1 aliphatic rings. The number of hydrogen-bond donors (Lipinski definition) is 1. The van der Waals surface area contributed by atoms with Gasteiger partial charge in [0.1, 0.15) is 0 Å². The van der Waals surface area contributed by atoms with Crippen molar-refractivity contribution in [1.82, 2.24) is 9.88 Å². The summed E-state index contributed by atoms with van der Waals surface area (Å²) in [5, 5.41) is 6.09. The minimum Gasteiger partial charge on any atom is -0.379 e. The van der Waals surface area contributed by atoms with Gasteiger partial charge < -0.3 is 4.74 Å². The van der Waals surface area contributed by atoms with Gasteiger partial charge in [0.25, 0.3) is 5.91 Å². The van der Waals surface area contributed by atoms with Crippen molar-refractivity contribution in [3.8, 4) is 0 Å². The lowest BCUT2D eigenvalue weighted by atomic mass is 10.2. The molecule has 0 saturated carbocycles. The van der Waals surface area contributed by atoms with Crippen LogP contribution in [0.2, 0.25) is 10.0 Å². The number of rotatable bonds is 4. The zero-order chi connectivity index (χ0) is 16.2. The number of carbonyl (C=O) groups is 1. The number of ether oxygens (including phenoxy) is 1.